The number of aromatic nitrogens is 2. The number of hydrogen-bond acceptors (Lipinski definition) is 2. The highest BCUT2D eigenvalue weighted by Gasteiger charge is 2.07. The van der Waals surface area contributed by atoms with Crippen molar-refractivity contribution < 1.29 is 13.5 Å². The molecule has 0 amide bonds. The van der Waals surface area contributed by atoms with E-state index in [1.54, 1.807) is 18.3 Å². The minimum absolute atomic E-state index is 0.0312. The summed E-state index contributed by atoms with van der Waals surface area (Å²) < 4.78 is 27.7. The second-order valence-electron chi connectivity index (χ2n) is 2.45. The first kappa shape index (κ1) is 7.97. The van der Waals surface area contributed by atoms with Crippen molar-refractivity contribution in [1.82, 2.24) is 9.97 Å². The van der Waals surface area contributed by atoms with Crippen LogP contribution in [0.2, 0.25) is 0 Å². The van der Waals surface area contributed by atoms with E-state index in [-0.39, 0.29) is 5.88 Å². The summed E-state index contributed by atoms with van der Waals surface area (Å²) in [5.74, 6) is 0.0312. The summed E-state index contributed by atoms with van der Waals surface area (Å²) >= 11 is 0. The van der Waals surface area contributed by atoms with E-state index in [0.29, 0.717) is 11.0 Å². The highest BCUT2D eigenvalue weighted by atomic mass is 19.3. The Hall–Kier alpha value is -1.65. The molecule has 68 valence electrons. The molecule has 2 aromatic rings. The fourth-order valence-corrected chi connectivity index (χ4v) is 1.09. The van der Waals surface area contributed by atoms with Crippen LogP contribution in [0, 0.1) is 0 Å². The molecule has 3 nitrogen and oxygen atoms in total. The van der Waals surface area contributed by atoms with E-state index in [2.05, 4.69) is 14.7 Å². The van der Waals surface area contributed by atoms with Crippen molar-refractivity contribution in [2.45, 2.75) is 6.61 Å². The Morgan fingerprint density at radius 3 is 3.00 bits per heavy atom. The van der Waals surface area contributed by atoms with Crippen molar-refractivity contribution in [3.8, 4) is 5.88 Å². The van der Waals surface area contributed by atoms with Crippen LogP contribution in [0.1, 0.15) is 0 Å². The molecule has 0 fully saturated rings. The molecule has 0 saturated heterocycles. The number of H-pyrrole nitrogens is 1. The quantitative estimate of drug-likeness (QED) is 0.776. The molecule has 0 spiro atoms. The van der Waals surface area contributed by atoms with E-state index < -0.39 is 6.61 Å². The van der Waals surface area contributed by atoms with E-state index >= 15 is 0 Å². The maximum Gasteiger partial charge on any atom is 0.388 e. The first-order chi connectivity index (χ1) is 6.25. The summed E-state index contributed by atoms with van der Waals surface area (Å²) in [5.41, 5.74) is 1.29. The lowest BCUT2D eigenvalue weighted by Crippen LogP contribution is -2.01. The van der Waals surface area contributed by atoms with Gasteiger partial charge in [-0.05, 0) is 12.1 Å². The van der Waals surface area contributed by atoms with Crippen molar-refractivity contribution in [2.75, 3.05) is 0 Å². The number of aromatic amines is 1. The topological polar surface area (TPSA) is 37.9 Å². The van der Waals surface area contributed by atoms with Crippen molar-refractivity contribution in [1.29, 1.82) is 0 Å². The molecule has 0 aliphatic heterocycles. The van der Waals surface area contributed by atoms with Crippen LogP contribution in [-0.4, -0.2) is 16.6 Å². The van der Waals surface area contributed by atoms with E-state index in [9.17, 15) is 8.78 Å². The lowest BCUT2D eigenvalue weighted by molar-refractivity contribution is -0.0523. The second kappa shape index (κ2) is 3.01. The zero-order chi connectivity index (χ0) is 9.26. The molecule has 0 saturated carbocycles. The standard InChI is InChI=1S/C8H6F2N2O/c9-8(10)13-7-4-6-5(12-7)2-1-3-11-6/h1-4,8,12H. The van der Waals surface area contributed by atoms with Crippen molar-refractivity contribution >= 4 is 11.0 Å². The van der Waals surface area contributed by atoms with Crippen LogP contribution >= 0.6 is 0 Å². The molecule has 0 unspecified atom stereocenters. The fourth-order valence-electron chi connectivity index (χ4n) is 1.09. The molecule has 0 bridgehead atoms. The molecule has 5 heteroatoms. The van der Waals surface area contributed by atoms with Gasteiger partial charge in [-0.3, -0.25) is 4.98 Å². The maximum absolute atomic E-state index is 11.8. The summed E-state index contributed by atoms with van der Waals surface area (Å²) in [5, 5.41) is 0. The van der Waals surface area contributed by atoms with Gasteiger partial charge in [-0.15, -0.1) is 0 Å². The summed E-state index contributed by atoms with van der Waals surface area (Å²) in [4.78, 5) is 6.62. The van der Waals surface area contributed by atoms with Crippen molar-refractivity contribution in [3.05, 3.63) is 24.4 Å². The van der Waals surface area contributed by atoms with Gasteiger partial charge in [0.25, 0.3) is 0 Å². The minimum Gasteiger partial charge on any atom is -0.419 e. The molecule has 2 heterocycles. The van der Waals surface area contributed by atoms with Crippen LogP contribution in [0.15, 0.2) is 24.4 Å². The van der Waals surface area contributed by atoms with E-state index in [4.69, 9.17) is 0 Å². The number of hydrogen-bond donors (Lipinski definition) is 1. The molecular weight excluding hydrogens is 178 g/mol. The van der Waals surface area contributed by atoms with Crippen LogP contribution in [0.4, 0.5) is 8.78 Å². The first-order valence-corrected chi connectivity index (χ1v) is 3.64. The predicted octanol–water partition coefficient (Wildman–Crippen LogP) is 2.16. The van der Waals surface area contributed by atoms with Crippen LogP contribution in [-0.2, 0) is 0 Å². The van der Waals surface area contributed by atoms with E-state index in [1.807, 2.05) is 0 Å². The van der Waals surface area contributed by atoms with E-state index in [1.165, 1.54) is 6.07 Å². The Kier molecular flexibility index (Phi) is 1.84. The molecule has 0 aliphatic carbocycles. The second-order valence-corrected chi connectivity index (χ2v) is 2.45. The number of fused-ring (bicyclic) bond motifs is 1. The molecule has 0 aromatic carbocycles. The highest BCUT2D eigenvalue weighted by molar-refractivity contribution is 5.76. The molecule has 0 atom stereocenters. The summed E-state index contributed by atoms with van der Waals surface area (Å²) in [6.45, 7) is -2.81. The number of nitrogens with zero attached hydrogens (tertiary/aromatic N) is 1. The number of pyridine rings is 1. The van der Waals surface area contributed by atoms with Crippen LogP contribution < -0.4 is 4.74 Å². The average molecular weight is 184 g/mol. The van der Waals surface area contributed by atoms with Crippen LogP contribution in [0.3, 0.4) is 0 Å². The maximum atomic E-state index is 11.8. The highest BCUT2D eigenvalue weighted by Crippen LogP contribution is 2.19. The molecule has 0 radical (unpaired) electrons. The zero-order valence-electron chi connectivity index (χ0n) is 6.50. The lowest BCUT2D eigenvalue weighted by atomic mass is 10.4. The number of ether oxygens (including phenoxy) is 1. The third-order valence-corrected chi connectivity index (χ3v) is 1.58. The zero-order valence-corrected chi connectivity index (χ0v) is 6.50. The van der Waals surface area contributed by atoms with Gasteiger partial charge < -0.3 is 9.72 Å². The van der Waals surface area contributed by atoms with Crippen LogP contribution in [0.5, 0.6) is 5.88 Å². The van der Waals surface area contributed by atoms with Gasteiger partial charge in [-0.1, -0.05) is 0 Å². The normalized spacial score (nSPS) is 11.0. The summed E-state index contributed by atoms with van der Waals surface area (Å²) in [7, 11) is 0. The molecule has 1 N–H and O–H groups in total. The Labute approximate surface area is 72.4 Å². The monoisotopic (exact) mass is 184 g/mol. The molecule has 2 aromatic heterocycles. The number of alkyl halides is 2. The van der Waals surface area contributed by atoms with Crippen molar-refractivity contribution in [2.24, 2.45) is 0 Å². The molecule has 2 rings (SSSR count). The third kappa shape index (κ3) is 1.58. The first-order valence-electron chi connectivity index (χ1n) is 3.64. The van der Waals surface area contributed by atoms with Crippen LogP contribution in [0.25, 0.3) is 11.0 Å². The predicted molar refractivity (Wildman–Crippen MR) is 42.7 cm³/mol. The van der Waals surface area contributed by atoms with E-state index in [0.717, 1.165) is 0 Å². The Balaban J connectivity index is 2.38. The number of rotatable bonds is 2. The SMILES string of the molecule is FC(F)Oc1cc2ncccc2[nH]1. The fraction of sp³-hybridized carbons (Fsp3) is 0.125. The smallest absolute Gasteiger partial charge is 0.388 e. The molecular formula is C8H6F2N2O. The van der Waals surface area contributed by atoms with Gasteiger partial charge in [-0.2, -0.15) is 8.78 Å². The van der Waals surface area contributed by atoms with Gasteiger partial charge in [0.15, 0.2) is 5.88 Å². The minimum atomic E-state index is -2.81. The number of halogens is 2. The molecule has 0 aliphatic rings. The Bertz CT molecular complexity index is 380. The van der Waals surface area contributed by atoms with Crippen molar-refractivity contribution in [3.63, 3.8) is 0 Å². The molecule has 13 heavy (non-hydrogen) atoms. The van der Waals surface area contributed by atoms with Gasteiger partial charge in [0.2, 0.25) is 0 Å². The van der Waals surface area contributed by atoms with Gasteiger partial charge >= 0.3 is 6.61 Å². The van der Waals surface area contributed by atoms with Gasteiger partial charge in [-0.25, -0.2) is 0 Å². The van der Waals surface area contributed by atoms with Gasteiger partial charge in [0.1, 0.15) is 0 Å². The third-order valence-electron chi connectivity index (χ3n) is 1.58. The van der Waals surface area contributed by atoms with Gasteiger partial charge in [0, 0.05) is 12.3 Å². The summed E-state index contributed by atoms with van der Waals surface area (Å²) in [6, 6.07) is 4.88. The Morgan fingerprint density at radius 1 is 1.46 bits per heavy atom. The average Bonchev–Trinajstić information content (AvgIpc) is 2.44. The number of nitrogens with one attached hydrogen (secondary N) is 1. The van der Waals surface area contributed by atoms with Gasteiger partial charge in [0.05, 0.1) is 11.0 Å². The summed E-state index contributed by atoms with van der Waals surface area (Å²) in [6.07, 6.45) is 1.59. The Morgan fingerprint density at radius 2 is 2.31 bits per heavy atom. The lowest BCUT2D eigenvalue weighted by Gasteiger charge is -1.98. The largest absolute Gasteiger partial charge is 0.419 e.